The molecule has 0 spiro atoms. The van der Waals surface area contributed by atoms with Crippen LogP contribution < -0.4 is 15.4 Å². The van der Waals surface area contributed by atoms with Crippen LogP contribution in [0.1, 0.15) is 18.5 Å². The number of sulfone groups is 1. The number of ether oxygens (including phenoxy) is 1. The molecule has 206 valence electrons. The molecule has 0 amide bonds. The van der Waals surface area contributed by atoms with Crippen LogP contribution in [0.25, 0.3) is 22.3 Å². The van der Waals surface area contributed by atoms with Crippen molar-refractivity contribution in [2.75, 3.05) is 30.5 Å². The lowest BCUT2D eigenvalue weighted by molar-refractivity contribution is -0.115. The molecule has 2 aromatic carbocycles. The van der Waals surface area contributed by atoms with Crippen molar-refractivity contribution in [1.29, 1.82) is 0 Å². The van der Waals surface area contributed by atoms with E-state index in [9.17, 15) is 30.4 Å². The molecule has 1 unspecified atom stereocenters. The Kier molecular flexibility index (Phi) is 7.59. The van der Waals surface area contributed by atoms with Gasteiger partial charge in [0.05, 0.1) is 24.4 Å². The van der Waals surface area contributed by atoms with E-state index in [2.05, 4.69) is 25.6 Å². The van der Waals surface area contributed by atoms with Gasteiger partial charge in [0, 0.05) is 17.9 Å². The second kappa shape index (κ2) is 10.6. The number of hydrogen-bond acceptors (Lipinski definition) is 8. The predicted octanol–water partition coefficient (Wildman–Crippen LogP) is 5.53. The van der Waals surface area contributed by atoms with Gasteiger partial charge in [-0.2, -0.15) is 18.2 Å². The molecule has 0 fully saturated rings. The second-order valence-corrected chi connectivity index (χ2v) is 10.6. The molecule has 14 heteroatoms. The summed E-state index contributed by atoms with van der Waals surface area (Å²) in [4.78, 5) is 12.8. The van der Waals surface area contributed by atoms with E-state index in [0.29, 0.717) is 11.6 Å². The molecule has 0 aliphatic rings. The zero-order chi connectivity index (χ0) is 28.5. The van der Waals surface area contributed by atoms with Crippen molar-refractivity contribution in [2.24, 2.45) is 0 Å². The van der Waals surface area contributed by atoms with Crippen LogP contribution in [-0.4, -0.2) is 49.5 Å². The summed E-state index contributed by atoms with van der Waals surface area (Å²) in [6.45, 7) is 0.158. The van der Waals surface area contributed by atoms with Crippen LogP contribution in [0.5, 0.6) is 5.75 Å². The molecule has 0 aliphatic carbocycles. The molecule has 39 heavy (non-hydrogen) atoms. The van der Waals surface area contributed by atoms with Crippen LogP contribution in [0, 0.1) is 11.6 Å². The minimum absolute atomic E-state index is 0.0107. The lowest BCUT2D eigenvalue weighted by Gasteiger charge is -2.17. The van der Waals surface area contributed by atoms with E-state index in [1.54, 1.807) is 13.0 Å². The molecule has 2 aromatic heterocycles. The van der Waals surface area contributed by atoms with E-state index < -0.39 is 40.2 Å². The highest BCUT2D eigenvalue weighted by Crippen LogP contribution is 2.32. The van der Waals surface area contributed by atoms with Gasteiger partial charge >= 0.3 is 6.18 Å². The fourth-order valence-electron chi connectivity index (χ4n) is 3.77. The highest BCUT2D eigenvalue weighted by molar-refractivity contribution is 7.90. The summed E-state index contributed by atoms with van der Waals surface area (Å²) < 4.78 is 96.0. The first kappa shape index (κ1) is 28.0. The van der Waals surface area contributed by atoms with Crippen LogP contribution in [0.15, 0.2) is 53.4 Å². The van der Waals surface area contributed by atoms with Gasteiger partial charge in [-0.05, 0) is 55.0 Å². The number of aromatic nitrogens is 3. The zero-order valence-electron chi connectivity index (χ0n) is 20.8. The number of anilines is 2. The Balaban J connectivity index is 1.78. The Hall–Kier alpha value is -4.07. The molecular formula is C25H22F5N5O3S. The van der Waals surface area contributed by atoms with Crippen LogP contribution in [0.4, 0.5) is 33.7 Å². The molecule has 0 radical (unpaired) electrons. The van der Waals surface area contributed by atoms with Gasteiger partial charge < -0.3 is 15.4 Å². The zero-order valence-corrected chi connectivity index (χ0v) is 21.6. The van der Waals surface area contributed by atoms with Gasteiger partial charge in [0.15, 0.2) is 15.7 Å². The van der Waals surface area contributed by atoms with Gasteiger partial charge in [0.25, 0.3) is 0 Å². The number of fused-ring (bicyclic) bond motifs is 1. The van der Waals surface area contributed by atoms with Gasteiger partial charge in [-0.15, -0.1) is 0 Å². The highest BCUT2D eigenvalue weighted by Gasteiger charge is 2.28. The molecule has 4 rings (SSSR count). The topological polar surface area (TPSA) is 106 Å². The van der Waals surface area contributed by atoms with Crippen molar-refractivity contribution in [3.63, 3.8) is 0 Å². The minimum Gasteiger partial charge on any atom is -0.495 e. The lowest BCUT2D eigenvalue weighted by Crippen LogP contribution is -2.22. The molecule has 4 aromatic rings. The largest absolute Gasteiger partial charge is 0.495 e. The molecule has 2 heterocycles. The summed E-state index contributed by atoms with van der Waals surface area (Å²) in [6, 6.07) is 9.59. The number of nitrogens with one attached hydrogen (secondary N) is 2. The average Bonchev–Trinajstić information content (AvgIpc) is 2.85. The fourth-order valence-corrected chi connectivity index (χ4v) is 4.63. The molecular weight excluding hydrogens is 545 g/mol. The van der Waals surface area contributed by atoms with Crippen LogP contribution in [0.2, 0.25) is 0 Å². The number of halogens is 5. The first-order valence-corrected chi connectivity index (χ1v) is 13.2. The summed E-state index contributed by atoms with van der Waals surface area (Å²) in [5.74, 6) is -1.82. The van der Waals surface area contributed by atoms with Crippen LogP contribution >= 0.6 is 0 Å². The molecule has 0 saturated carbocycles. The van der Waals surface area contributed by atoms with Crippen LogP contribution in [-0.2, 0) is 9.84 Å². The van der Waals surface area contributed by atoms with Crippen molar-refractivity contribution < 1.29 is 35.1 Å². The standard InChI is InChI=1S/C25H22F5N5O3S/c1-13(15-8-16(26)11-17(27)9-15)32-24-34-19-6-5-18(33-22(19)23(35-24)31-12-25(28,29)30)14-4-7-20(38-2)21(10-14)39(3,36)37/h4-11,13H,12H2,1-3H3,(H2,31,32,34,35). The number of methoxy groups -OCH3 is 1. The molecule has 1 atom stereocenters. The smallest absolute Gasteiger partial charge is 0.405 e. The van der Waals surface area contributed by atoms with E-state index in [4.69, 9.17) is 4.74 Å². The Bertz CT molecular complexity index is 1630. The first-order valence-electron chi connectivity index (χ1n) is 11.3. The number of alkyl halides is 3. The van der Waals surface area contributed by atoms with Gasteiger partial charge in [0.1, 0.15) is 34.3 Å². The summed E-state index contributed by atoms with van der Waals surface area (Å²) in [6.07, 6.45) is -3.56. The predicted molar refractivity (Wildman–Crippen MR) is 135 cm³/mol. The summed E-state index contributed by atoms with van der Waals surface area (Å²) in [7, 11) is -2.34. The van der Waals surface area contributed by atoms with Crippen molar-refractivity contribution in [1.82, 2.24) is 15.0 Å². The molecule has 0 aliphatic heterocycles. The first-order chi connectivity index (χ1) is 18.2. The normalized spacial score (nSPS) is 12.8. The monoisotopic (exact) mass is 567 g/mol. The number of nitrogens with zero attached hydrogens (tertiary/aromatic N) is 3. The van der Waals surface area contributed by atoms with E-state index in [-0.39, 0.29) is 44.7 Å². The number of hydrogen-bond donors (Lipinski definition) is 2. The maximum absolute atomic E-state index is 13.7. The summed E-state index contributed by atoms with van der Waals surface area (Å²) >= 11 is 0. The second-order valence-electron chi connectivity index (χ2n) is 8.64. The van der Waals surface area contributed by atoms with Crippen molar-refractivity contribution in [3.05, 3.63) is 65.7 Å². The maximum atomic E-state index is 13.7. The Morgan fingerprint density at radius 2 is 1.67 bits per heavy atom. The summed E-state index contributed by atoms with van der Waals surface area (Å²) in [5, 5.41) is 5.06. The van der Waals surface area contributed by atoms with Crippen molar-refractivity contribution in [3.8, 4) is 17.0 Å². The van der Waals surface area contributed by atoms with Crippen molar-refractivity contribution >= 4 is 32.6 Å². The van der Waals surface area contributed by atoms with Gasteiger partial charge in [0.2, 0.25) is 5.95 Å². The van der Waals surface area contributed by atoms with Gasteiger partial charge in [-0.1, -0.05) is 0 Å². The number of benzene rings is 2. The minimum atomic E-state index is -4.57. The van der Waals surface area contributed by atoms with Crippen LogP contribution in [0.3, 0.4) is 0 Å². The third-order valence-corrected chi connectivity index (χ3v) is 6.71. The number of pyridine rings is 1. The molecule has 0 saturated heterocycles. The Morgan fingerprint density at radius 3 is 2.28 bits per heavy atom. The fraction of sp³-hybridized carbons (Fsp3) is 0.240. The summed E-state index contributed by atoms with van der Waals surface area (Å²) in [5.41, 5.74) is 0.997. The third-order valence-electron chi connectivity index (χ3n) is 5.59. The van der Waals surface area contributed by atoms with E-state index >= 15 is 0 Å². The molecule has 8 nitrogen and oxygen atoms in total. The molecule has 2 N–H and O–H groups in total. The Morgan fingerprint density at radius 1 is 0.974 bits per heavy atom. The van der Waals surface area contributed by atoms with Crippen molar-refractivity contribution in [2.45, 2.75) is 24.0 Å². The van der Waals surface area contributed by atoms with E-state index in [0.717, 1.165) is 18.4 Å². The third kappa shape index (κ3) is 6.69. The average molecular weight is 568 g/mol. The quantitative estimate of drug-likeness (QED) is 0.268. The van der Waals surface area contributed by atoms with Gasteiger partial charge in [-0.25, -0.2) is 27.2 Å². The SMILES string of the molecule is COc1ccc(-c2ccc3nc(NC(C)c4cc(F)cc(F)c4)nc(NCC(F)(F)F)c3n2)cc1S(C)(=O)=O. The number of rotatable bonds is 8. The maximum Gasteiger partial charge on any atom is 0.405 e. The van der Waals surface area contributed by atoms with E-state index in [1.807, 2.05) is 0 Å². The highest BCUT2D eigenvalue weighted by atomic mass is 32.2. The van der Waals surface area contributed by atoms with E-state index in [1.165, 1.54) is 31.4 Å². The Labute approximate surface area is 220 Å². The van der Waals surface area contributed by atoms with Gasteiger partial charge in [-0.3, -0.25) is 0 Å². The lowest BCUT2D eigenvalue weighted by atomic mass is 10.1. The molecule has 0 bridgehead atoms.